The zero-order valence-corrected chi connectivity index (χ0v) is 11.5. The standard InChI is InChI=1S/C15H29NO/c1-12-6-7-14(10-13(12)2)16-11-15(17)8-4-3-5-9-15/h12-14,16-17H,3-11H2,1-2H3. The highest BCUT2D eigenvalue weighted by atomic mass is 16.3. The zero-order chi connectivity index (χ0) is 12.3. The third-order valence-corrected chi connectivity index (χ3v) is 5.10. The predicted molar refractivity (Wildman–Crippen MR) is 72.0 cm³/mol. The Hall–Kier alpha value is -0.0800. The van der Waals surface area contributed by atoms with Crippen LogP contribution < -0.4 is 5.32 Å². The largest absolute Gasteiger partial charge is 0.389 e. The first-order valence-electron chi connectivity index (χ1n) is 7.55. The van der Waals surface area contributed by atoms with Crippen molar-refractivity contribution in [3.8, 4) is 0 Å². The molecule has 0 aromatic heterocycles. The Morgan fingerprint density at radius 1 is 1.06 bits per heavy atom. The van der Waals surface area contributed by atoms with Crippen LogP contribution in [0.2, 0.25) is 0 Å². The second kappa shape index (κ2) is 5.71. The third-order valence-electron chi connectivity index (χ3n) is 5.10. The topological polar surface area (TPSA) is 32.3 Å². The Labute approximate surface area is 106 Å². The molecule has 0 aromatic carbocycles. The first kappa shape index (κ1) is 13.4. The van der Waals surface area contributed by atoms with Crippen molar-refractivity contribution in [1.29, 1.82) is 0 Å². The molecule has 0 bridgehead atoms. The molecule has 0 spiro atoms. The minimum absolute atomic E-state index is 0.398. The van der Waals surface area contributed by atoms with Gasteiger partial charge in [-0.2, -0.15) is 0 Å². The first-order chi connectivity index (χ1) is 8.09. The predicted octanol–water partition coefficient (Wildman–Crippen LogP) is 3.10. The summed E-state index contributed by atoms with van der Waals surface area (Å²) in [4.78, 5) is 0. The van der Waals surface area contributed by atoms with Crippen LogP contribution in [0.4, 0.5) is 0 Å². The fourth-order valence-electron chi connectivity index (χ4n) is 3.45. The molecular formula is C15H29NO. The van der Waals surface area contributed by atoms with Crippen molar-refractivity contribution in [2.45, 2.75) is 76.9 Å². The molecule has 2 N–H and O–H groups in total. The van der Waals surface area contributed by atoms with Gasteiger partial charge in [-0.1, -0.05) is 33.1 Å². The van der Waals surface area contributed by atoms with Gasteiger partial charge >= 0.3 is 0 Å². The summed E-state index contributed by atoms with van der Waals surface area (Å²) in [5.41, 5.74) is -0.398. The highest BCUT2D eigenvalue weighted by molar-refractivity contribution is 4.87. The van der Waals surface area contributed by atoms with Crippen molar-refractivity contribution in [2.24, 2.45) is 11.8 Å². The van der Waals surface area contributed by atoms with Crippen molar-refractivity contribution in [1.82, 2.24) is 5.32 Å². The molecule has 2 heteroatoms. The molecule has 17 heavy (non-hydrogen) atoms. The quantitative estimate of drug-likeness (QED) is 0.793. The zero-order valence-electron chi connectivity index (χ0n) is 11.5. The second-order valence-electron chi connectivity index (χ2n) is 6.63. The lowest BCUT2D eigenvalue weighted by Gasteiger charge is -2.37. The normalized spacial score (nSPS) is 37.9. The Morgan fingerprint density at radius 3 is 2.41 bits per heavy atom. The van der Waals surface area contributed by atoms with E-state index in [9.17, 15) is 5.11 Å². The van der Waals surface area contributed by atoms with Crippen LogP contribution in [-0.2, 0) is 0 Å². The maximum Gasteiger partial charge on any atom is 0.0771 e. The van der Waals surface area contributed by atoms with Gasteiger partial charge in [-0.15, -0.1) is 0 Å². The average Bonchev–Trinajstić information content (AvgIpc) is 2.32. The number of hydrogen-bond acceptors (Lipinski definition) is 2. The molecule has 100 valence electrons. The number of nitrogens with one attached hydrogen (secondary N) is 1. The van der Waals surface area contributed by atoms with Gasteiger partial charge in [0.25, 0.3) is 0 Å². The van der Waals surface area contributed by atoms with Crippen LogP contribution >= 0.6 is 0 Å². The van der Waals surface area contributed by atoms with E-state index in [1.54, 1.807) is 0 Å². The summed E-state index contributed by atoms with van der Waals surface area (Å²) >= 11 is 0. The van der Waals surface area contributed by atoms with Crippen LogP contribution in [0.3, 0.4) is 0 Å². The van der Waals surface area contributed by atoms with Gasteiger partial charge in [0.15, 0.2) is 0 Å². The van der Waals surface area contributed by atoms with E-state index in [4.69, 9.17) is 0 Å². The fraction of sp³-hybridized carbons (Fsp3) is 1.00. The van der Waals surface area contributed by atoms with Crippen LogP contribution in [0.15, 0.2) is 0 Å². The van der Waals surface area contributed by atoms with E-state index in [0.717, 1.165) is 31.2 Å². The van der Waals surface area contributed by atoms with Gasteiger partial charge < -0.3 is 10.4 Å². The van der Waals surface area contributed by atoms with Crippen LogP contribution in [0, 0.1) is 11.8 Å². The molecule has 0 amide bonds. The SMILES string of the molecule is CC1CCC(NCC2(O)CCCCC2)CC1C. The van der Waals surface area contributed by atoms with Crippen molar-refractivity contribution >= 4 is 0 Å². The lowest BCUT2D eigenvalue weighted by Crippen LogP contribution is -2.47. The molecule has 2 saturated carbocycles. The lowest BCUT2D eigenvalue weighted by atomic mass is 9.78. The maximum absolute atomic E-state index is 10.5. The Bertz CT molecular complexity index is 235. The van der Waals surface area contributed by atoms with E-state index in [-0.39, 0.29) is 0 Å². The summed E-state index contributed by atoms with van der Waals surface area (Å²) in [7, 11) is 0. The van der Waals surface area contributed by atoms with Crippen LogP contribution in [0.25, 0.3) is 0 Å². The van der Waals surface area contributed by atoms with E-state index >= 15 is 0 Å². The first-order valence-corrected chi connectivity index (χ1v) is 7.55. The fourth-order valence-corrected chi connectivity index (χ4v) is 3.45. The van der Waals surface area contributed by atoms with E-state index in [2.05, 4.69) is 19.2 Å². The molecule has 3 unspecified atom stereocenters. The van der Waals surface area contributed by atoms with Gasteiger partial charge in [0.2, 0.25) is 0 Å². The minimum atomic E-state index is -0.398. The van der Waals surface area contributed by atoms with E-state index in [0.29, 0.717) is 6.04 Å². The van der Waals surface area contributed by atoms with Gasteiger partial charge in [-0.05, 0) is 43.9 Å². The summed E-state index contributed by atoms with van der Waals surface area (Å²) in [5, 5.41) is 14.1. The number of aliphatic hydroxyl groups is 1. The monoisotopic (exact) mass is 239 g/mol. The highest BCUT2D eigenvalue weighted by Crippen LogP contribution is 2.31. The van der Waals surface area contributed by atoms with Gasteiger partial charge in [-0.25, -0.2) is 0 Å². The van der Waals surface area contributed by atoms with Crippen LogP contribution in [-0.4, -0.2) is 23.3 Å². The highest BCUT2D eigenvalue weighted by Gasteiger charge is 2.31. The molecule has 2 fully saturated rings. The molecule has 0 aromatic rings. The Morgan fingerprint density at radius 2 is 1.76 bits per heavy atom. The molecule has 2 rings (SSSR count). The summed E-state index contributed by atoms with van der Waals surface area (Å²) in [5.74, 6) is 1.72. The molecule has 2 aliphatic carbocycles. The van der Waals surface area contributed by atoms with Crippen molar-refractivity contribution in [3.05, 3.63) is 0 Å². The summed E-state index contributed by atoms with van der Waals surface area (Å²) in [6, 6.07) is 0.646. The Balaban J connectivity index is 1.74. The van der Waals surface area contributed by atoms with E-state index in [1.807, 2.05) is 0 Å². The second-order valence-corrected chi connectivity index (χ2v) is 6.63. The van der Waals surface area contributed by atoms with Gasteiger partial charge in [0.1, 0.15) is 0 Å². The van der Waals surface area contributed by atoms with Gasteiger partial charge in [0, 0.05) is 12.6 Å². The smallest absolute Gasteiger partial charge is 0.0771 e. The van der Waals surface area contributed by atoms with Gasteiger partial charge in [0.05, 0.1) is 5.60 Å². The molecular weight excluding hydrogens is 210 g/mol. The molecule has 0 saturated heterocycles. The maximum atomic E-state index is 10.5. The average molecular weight is 239 g/mol. The Kier molecular flexibility index (Phi) is 4.48. The molecule has 2 nitrogen and oxygen atoms in total. The molecule has 3 atom stereocenters. The van der Waals surface area contributed by atoms with E-state index < -0.39 is 5.60 Å². The summed E-state index contributed by atoms with van der Waals surface area (Å²) in [6.45, 7) is 5.56. The van der Waals surface area contributed by atoms with Crippen molar-refractivity contribution in [2.75, 3.05) is 6.54 Å². The lowest BCUT2D eigenvalue weighted by molar-refractivity contribution is 0.000466. The van der Waals surface area contributed by atoms with Crippen molar-refractivity contribution < 1.29 is 5.11 Å². The number of rotatable bonds is 3. The molecule has 2 aliphatic rings. The van der Waals surface area contributed by atoms with Crippen LogP contribution in [0.1, 0.15) is 65.2 Å². The molecule has 0 radical (unpaired) electrons. The van der Waals surface area contributed by atoms with Crippen molar-refractivity contribution in [3.63, 3.8) is 0 Å². The molecule has 0 heterocycles. The molecule has 0 aliphatic heterocycles. The number of hydrogen-bond donors (Lipinski definition) is 2. The minimum Gasteiger partial charge on any atom is -0.389 e. The van der Waals surface area contributed by atoms with Gasteiger partial charge in [-0.3, -0.25) is 0 Å². The van der Waals surface area contributed by atoms with E-state index in [1.165, 1.54) is 38.5 Å². The third kappa shape index (κ3) is 3.69. The summed E-state index contributed by atoms with van der Waals surface area (Å²) < 4.78 is 0. The summed E-state index contributed by atoms with van der Waals surface area (Å²) in [6.07, 6.45) is 9.64. The van der Waals surface area contributed by atoms with Crippen LogP contribution in [0.5, 0.6) is 0 Å².